The summed E-state index contributed by atoms with van der Waals surface area (Å²) >= 11 is 0. The van der Waals surface area contributed by atoms with E-state index < -0.39 is 0 Å². The number of methoxy groups -OCH3 is 1. The molecule has 2 amide bonds. The Kier molecular flexibility index (Phi) is 5.56. The molecule has 2 heterocycles. The molecule has 0 spiro atoms. The van der Waals surface area contributed by atoms with E-state index in [1.54, 1.807) is 47.8 Å². The summed E-state index contributed by atoms with van der Waals surface area (Å²) in [6.45, 7) is 0.471. The summed E-state index contributed by atoms with van der Waals surface area (Å²) in [6.07, 6.45) is 3.04. The highest BCUT2D eigenvalue weighted by Crippen LogP contribution is 2.51. The maximum absolute atomic E-state index is 13.7. The molecule has 8 nitrogen and oxygen atoms in total. The molecule has 1 aliphatic heterocycles. The van der Waals surface area contributed by atoms with Crippen molar-refractivity contribution in [3.8, 4) is 17.5 Å². The van der Waals surface area contributed by atoms with Crippen LogP contribution in [-0.2, 0) is 16.6 Å². The fourth-order valence-electron chi connectivity index (χ4n) is 4.77. The minimum absolute atomic E-state index is 0.0896. The lowest BCUT2D eigenvalue weighted by Gasteiger charge is -2.28. The van der Waals surface area contributed by atoms with Crippen LogP contribution in [-0.4, -0.2) is 54.2 Å². The van der Waals surface area contributed by atoms with Gasteiger partial charge in [0.1, 0.15) is 17.5 Å². The van der Waals surface area contributed by atoms with E-state index in [2.05, 4.69) is 11.2 Å². The summed E-state index contributed by atoms with van der Waals surface area (Å²) in [6, 6.07) is 17.4. The average molecular weight is 470 g/mol. The number of benzene rings is 2. The van der Waals surface area contributed by atoms with Gasteiger partial charge in [-0.2, -0.15) is 10.4 Å². The lowest BCUT2D eigenvalue weighted by Crippen LogP contribution is -2.38. The lowest BCUT2D eigenvalue weighted by atomic mass is 9.91. The third-order valence-corrected chi connectivity index (χ3v) is 7.07. The Labute approximate surface area is 204 Å². The second-order valence-corrected chi connectivity index (χ2v) is 9.40. The van der Waals surface area contributed by atoms with Crippen molar-refractivity contribution < 1.29 is 14.3 Å². The maximum Gasteiger partial charge on any atom is 0.277 e. The standard InChI is InChI=1S/C27H27N5O3/c1-30(2)24(33)16-27(13-14-27)18-4-6-19(7-5-18)31-15-12-22-23(17-28)29-32(25(22)26(31)34)20-8-10-21(35-3)11-9-20/h4-11H,12-16H2,1-3H3. The highest BCUT2D eigenvalue weighted by Gasteiger charge is 2.46. The van der Waals surface area contributed by atoms with Crippen molar-refractivity contribution in [3.63, 3.8) is 0 Å². The number of hydrogen-bond acceptors (Lipinski definition) is 5. The molecule has 2 aromatic carbocycles. The van der Waals surface area contributed by atoms with Crippen LogP contribution in [0.5, 0.6) is 5.75 Å². The first kappa shape index (κ1) is 22.7. The van der Waals surface area contributed by atoms with Gasteiger partial charge < -0.3 is 14.5 Å². The average Bonchev–Trinajstić information content (AvgIpc) is 3.56. The van der Waals surface area contributed by atoms with E-state index in [0.29, 0.717) is 42.1 Å². The van der Waals surface area contributed by atoms with E-state index in [9.17, 15) is 14.9 Å². The van der Waals surface area contributed by atoms with Crippen LogP contribution in [0.3, 0.4) is 0 Å². The topological polar surface area (TPSA) is 91.5 Å². The van der Waals surface area contributed by atoms with E-state index in [4.69, 9.17) is 4.74 Å². The first-order valence-electron chi connectivity index (χ1n) is 11.7. The highest BCUT2D eigenvalue weighted by molar-refractivity contribution is 6.07. The quantitative estimate of drug-likeness (QED) is 0.551. The number of ether oxygens (including phenoxy) is 1. The molecule has 1 aliphatic carbocycles. The number of rotatable bonds is 6. The molecule has 1 fully saturated rings. The summed E-state index contributed by atoms with van der Waals surface area (Å²) in [7, 11) is 5.16. The van der Waals surface area contributed by atoms with E-state index in [0.717, 1.165) is 24.1 Å². The summed E-state index contributed by atoms with van der Waals surface area (Å²) in [4.78, 5) is 29.3. The monoisotopic (exact) mass is 469 g/mol. The molecule has 0 bridgehead atoms. The number of hydrogen-bond donors (Lipinski definition) is 0. The fourth-order valence-corrected chi connectivity index (χ4v) is 4.77. The maximum atomic E-state index is 13.7. The molecule has 0 unspecified atom stereocenters. The third kappa shape index (κ3) is 3.93. The van der Waals surface area contributed by atoms with Crippen LogP contribution in [0.15, 0.2) is 48.5 Å². The van der Waals surface area contributed by atoms with Crippen molar-refractivity contribution in [1.82, 2.24) is 14.7 Å². The van der Waals surface area contributed by atoms with E-state index in [1.165, 1.54) is 0 Å². The second kappa shape index (κ2) is 8.58. The van der Waals surface area contributed by atoms with Crippen LogP contribution in [0.1, 0.15) is 46.6 Å². The van der Waals surface area contributed by atoms with Gasteiger partial charge in [-0.05, 0) is 61.2 Å². The predicted molar refractivity (Wildman–Crippen MR) is 131 cm³/mol. The Hall–Kier alpha value is -4.12. The zero-order valence-corrected chi connectivity index (χ0v) is 20.1. The van der Waals surface area contributed by atoms with Crippen LogP contribution in [0.2, 0.25) is 0 Å². The van der Waals surface area contributed by atoms with Gasteiger partial charge in [-0.25, -0.2) is 4.68 Å². The zero-order valence-electron chi connectivity index (χ0n) is 20.1. The van der Waals surface area contributed by atoms with Gasteiger partial charge in [0.25, 0.3) is 5.91 Å². The molecule has 35 heavy (non-hydrogen) atoms. The molecule has 178 valence electrons. The Bertz CT molecular complexity index is 1330. The number of anilines is 1. The summed E-state index contributed by atoms with van der Waals surface area (Å²) in [5, 5.41) is 14.1. The molecule has 0 saturated heterocycles. The fraction of sp³-hybridized carbons (Fsp3) is 0.333. The van der Waals surface area contributed by atoms with Gasteiger partial charge in [0.2, 0.25) is 5.91 Å². The number of fused-ring (bicyclic) bond motifs is 1. The lowest BCUT2D eigenvalue weighted by molar-refractivity contribution is -0.129. The minimum atomic E-state index is -0.187. The molecule has 5 rings (SSSR count). The molecule has 0 atom stereocenters. The minimum Gasteiger partial charge on any atom is -0.497 e. The number of carbonyl (C=O) groups excluding carboxylic acids is 2. The van der Waals surface area contributed by atoms with Gasteiger partial charge in [-0.1, -0.05) is 12.1 Å². The van der Waals surface area contributed by atoms with Crippen molar-refractivity contribution in [2.75, 3.05) is 32.6 Å². The number of amides is 2. The van der Waals surface area contributed by atoms with Crippen LogP contribution in [0.25, 0.3) is 5.69 Å². The van der Waals surface area contributed by atoms with Crippen molar-refractivity contribution in [2.45, 2.75) is 31.1 Å². The number of nitriles is 1. The van der Waals surface area contributed by atoms with Crippen LogP contribution >= 0.6 is 0 Å². The zero-order chi connectivity index (χ0) is 24.7. The molecule has 0 radical (unpaired) electrons. The SMILES string of the molecule is COc1ccc(-n2nc(C#N)c3c2C(=O)N(c2ccc(C4(CC(=O)N(C)C)CC4)cc2)CC3)cc1. The predicted octanol–water partition coefficient (Wildman–Crippen LogP) is 3.47. The largest absolute Gasteiger partial charge is 0.497 e. The molecule has 8 heteroatoms. The molecule has 2 aliphatic rings. The van der Waals surface area contributed by atoms with Crippen LogP contribution in [0, 0.1) is 11.3 Å². The Balaban J connectivity index is 1.44. The first-order chi connectivity index (χ1) is 16.9. The van der Waals surface area contributed by atoms with Crippen molar-refractivity contribution in [1.29, 1.82) is 5.26 Å². The van der Waals surface area contributed by atoms with Gasteiger partial charge >= 0.3 is 0 Å². The molecule has 3 aromatic rings. The number of carbonyl (C=O) groups is 2. The van der Waals surface area contributed by atoms with E-state index >= 15 is 0 Å². The molecular formula is C27H27N5O3. The summed E-state index contributed by atoms with van der Waals surface area (Å²) in [5.41, 5.74) is 3.90. The van der Waals surface area contributed by atoms with E-state index in [1.807, 2.05) is 36.4 Å². The van der Waals surface area contributed by atoms with Crippen molar-refractivity contribution in [3.05, 3.63) is 71.0 Å². The first-order valence-corrected chi connectivity index (χ1v) is 11.7. The van der Waals surface area contributed by atoms with Gasteiger partial charge in [0, 0.05) is 43.7 Å². The number of nitrogens with zero attached hydrogens (tertiary/aromatic N) is 5. The normalized spacial score (nSPS) is 15.8. The number of aromatic nitrogens is 2. The van der Waals surface area contributed by atoms with Gasteiger partial charge in [-0.3, -0.25) is 9.59 Å². The van der Waals surface area contributed by atoms with Crippen LogP contribution in [0.4, 0.5) is 5.69 Å². The highest BCUT2D eigenvalue weighted by atomic mass is 16.5. The summed E-state index contributed by atoms with van der Waals surface area (Å²) < 4.78 is 6.79. The van der Waals surface area contributed by atoms with Gasteiger partial charge in [0.15, 0.2) is 5.69 Å². The van der Waals surface area contributed by atoms with Gasteiger partial charge in [0.05, 0.1) is 12.8 Å². The molecule has 1 saturated carbocycles. The van der Waals surface area contributed by atoms with Crippen LogP contribution < -0.4 is 9.64 Å². The Morgan fingerprint density at radius 2 is 1.77 bits per heavy atom. The second-order valence-electron chi connectivity index (χ2n) is 9.40. The molecule has 1 aromatic heterocycles. The van der Waals surface area contributed by atoms with E-state index in [-0.39, 0.29) is 22.9 Å². The van der Waals surface area contributed by atoms with Crippen molar-refractivity contribution in [2.24, 2.45) is 0 Å². The van der Waals surface area contributed by atoms with Gasteiger partial charge in [-0.15, -0.1) is 0 Å². The molecular weight excluding hydrogens is 442 g/mol. The molecule has 0 N–H and O–H groups in total. The van der Waals surface area contributed by atoms with Crippen molar-refractivity contribution >= 4 is 17.5 Å². The third-order valence-electron chi connectivity index (χ3n) is 7.07. The Morgan fingerprint density at radius 3 is 2.34 bits per heavy atom. The summed E-state index contributed by atoms with van der Waals surface area (Å²) in [5.74, 6) is 0.641. The smallest absolute Gasteiger partial charge is 0.277 e. The Morgan fingerprint density at radius 1 is 1.11 bits per heavy atom.